The lowest BCUT2D eigenvalue weighted by molar-refractivity contribution is -0.144. The average molecular weight is 600 g/mol. The van der Waals surface area contributed by atoms with Crippen molar-refractivity contribution in [1.29, 1.82) is 0 Å². The highest BCUT2D eigenvalue weighted by atomic mass is 16.6. The van der Waals surface area contributed by atoms with Gasteiger partial charge in [-0.15, -0.1) is 0 Å². The van der Waals surface area contributed by atoms with Crippen LogP contribution in [0.15, 0.2) is 48.5 Å². The SMILES string of the molecule is CCCCCN(C(=O)C(Cc1ccc(O)cc1)NC(=O)OC(C)(C)C)C(C(=O)NCCC(=O)OCC)c1ccc(O)cc1. The number of amides is 3. The zero-order valence-electron chi connectivity index (χ0n) is 25.7. The van der Waals surface area contributed by atoms with E-state index in [0.717, 1.165) is 12.8 Å². The number of ether oxygens (including phenoxy) is 2. The Hall–Kier alpha value is -4.28. The van der Waals surface area contributed by atoms with Gasteiger partial charge >= 0.3 is 12.1 Å². The molecule has 0 fully saturated rings. The molecule has 2 rings (SSSR count). The molecule has 0 spiro atoms. The lowest BCUT2D eigenvalue weighted by Crippen LogP contribution is -2.54. The number of phenols is 2. The first-order valence-corrected chi connectivity index (χ1v) is 14.6. The van der Waals surface area contributed by atoms with Crippen LogP contribution in [0.2, 0.25) is 0 Å². The van der Waals surface area contributed by atoms with Crippen molar-refractivity contribution in [3.8, 4) is 11.5 Å². The molecule has 236 valence electrons. The molecule has 2 aromatic rings. The standard InChI is InChI=1S/C32H45N3O8/c1-6-8-9-20-35(28(23-12-16-25(37)17-13-23)29(39)33-19-18-27(38)42-7-2)30(40)26(34-31(41)43-32(3,4)5)21-22-10-14-24(36)15-11-22/h10-17,26,28,36-37H,6-9,18-21H2,1-5H3,(H,33,39)(H,34,41). The number of carbonyl (C=O) groups is 4. The highest BCUT2D eigenvalue weighted by Crippen LogP contribution is 2.26. The summed E-state index contributed by atoms with van der Waals surface area (Å²) in [6.45, 7) is 9.25. The van der Waals surface area contributed by atoms with Crippen LogP contribution in [-0.2, 0) is 30.3 Å². The zero-order valence-corrected chi connectivity index (χ0v) is 25.7. The van der Waals surface area contributed by atoms with E-state index < -0.39 is 41.6 Å². The van der Waals surface area contributed by atoms with E-state index in [4.69, 9.17) is 9.47 Å². The van der Waals surface area contributed by atoms with Crippen LogP contribution in [-0.4, -0.2) is 70.3 Å². The van der Waals surface area contributed by atoms with Crippen molar-refractivity contribution in [2.45, 2.75) is 84.4 Å². The summed E-state index contributed by atoms with van der Waals surface area (Å²) in [5.41, 5.74) is 0.294. The molecule has 0 bridgehead atoms. The van der Waals surface area contributed by atoms with E-state index in [1.807, 2.05) is 6.92 Å². The predicted octanol–water partition coefficient (Wildman–Crippen LogP) is 4.36. The molecule has 0 aromatic heterocycles. The van der Waals surface area contributed by atoms with Gasteiger partial charge in [0.2, 0.25) is 11.8 Å². The van der Waals surface area contributed by atoms with Gasteiger partial charge in [-0.1, -0.05) is 44.0 Å². The molecular formula is C32H45N3O8. The number of unbranched alkanes of at least 4 members (excludes halogenated alkanes) is 2. The van der Waals surface area contributed by atoms with E-state index in [1.54, 1.807) is 52.0 Å². The number of rotatable bonds is 15. The van der Waals surface area contributed by atoms with Gasteiger partial charge in [0.05, 0.1) is 13.0 Å². The maximum Gasteiger partial charge on any atom is 0.408 e. The van der Waals surface area contributed by atoms with Gasteiger partial charge in [-0.2, -0.15) is 0 Å². The molecule has 0 radical (unpaired) electrons. The molecule has 0 aliphatic carbocycles. The van der Waals surface area contributed by atoms with Crippen LogP contribution in [0.5, 0.6) is 11.5 Å². The third kappa shape index (κ3) is 12.2. The van der Waals surface area contributed by atoms with Gasteiger partial charge in [-0.25, -0.2) is 4.79 Å². The molecule has 2 atom stereocenters. The minimum atomic E-state index is -1.13. The second-order valence-electron chi connectivity index (χ2n) is 11.1. The molecule has 0 saturated carbocycles. The van der Waals surface area contributed by atoms with Crippen molar-refractivity contribution in [3.63, 3.8) is 0 Å². The first kappa shape index (κ1) is 34.9. The zero-order chi connectivity index (χ0) is 32.0. The van der Waals surface area contributed by atoms with E-state index in [9.17, 15) is 29.4 Å². The molecule has 0 heterocycles. The predicted molar refractivity (Wildman–Crippen MR) is 161 cm³/mol. The number of nitrogens with one attached hydrogen (secondary N) is 2. The number of esters is 1. The number of hydrogen-bond acceptors (Lipinski definition) is 8. The topological polar surface area (TPSA) is 154 Å². The number of nitrogens with zero attached hydrogens (tertiary/aromatic N) is 1. The van der Waals surface area contributed by atoms with Crippen LogP contribution in [0.4, 0.5) is 4.79 Å². The number of phenolic OH excluding ortho intramolecular Hbond substituents is 2. The summed E-state index contributed by atoms with van der Waals surface area (Å²) in [5, 5.41) is 25.1. The first-order valence-electron chi connectivity index (χ1n) is 14.6. The van der Waals surface area contributed by atoms with E-state index in [2.05, 4.69) is 10.6 Å². The van der Waals surface area contributed by atoms with Crippen molar-refractivity contribution in [2.24, 2.45) is 0 Å². The second-order valence-corrected chi connectivity index (χ2v) is 11.1. The van der Waals surface area contributed by atoms with Crippen LogP contribution in [0.1, 0.15) is 77.5 Å². The molecule has 43 heavy (non-hydrogen) atoms. The van der Waals surface area contributed by atoms with Gasteiger partial charge in [0.15, 0.2) is 0 Å². The minimum absolute atomic E-state index is 0.00363. The molecule has 11 heteroatoms. The summed E-state index contributed by atoms with van der Waals surface area (Å²) in [5.74, 6) is -1.46. The van der Waals surface area contributed by atoms with Crippen molar-refractivity contribution in [3.05, 3.63) is 59.7 Å². The van der Waals surface area contributed by atoms with Gasteiger partial charge in [0.25, 0.3) is 0 Å². The maximum absolute atomic E-state index is 14.4. The van der Waals surface area contributed by atoms with Gasteiger partial charge in [0, 0.05) is 19.5 Å². The van der Waals surface area contributed by atoms with Crippen LogP contribution >= 0.6 is 0 Å². The summed E-state index contributed by atoms with van der Waals surface area (Å²) < 4.78 is 10.4. The van der Waals surface area contributed by atoms with E-state index in [-0.39, 0.29) is 44.0 Å². The lowest BCUT2D eigenvalue weighted by Gasteiger charge is -2.34. The monoisotopic (exact) mass is 599 g/mol. The van der Waals surface area contributed by atoms with Crippen LogP contribution in [0.3, 0.4) is 0 Å². The van der Waals surface area contributed by atoms with Gasteiger partial charge in [0.1, 0.15) is 29.2 Å². The van der Waals surface area contributed by atoms with E-state index in [0.29, 0.717) is 17.5 Å². The molecule has 0 saturated heterocycles. The Bertz CT molecular complexity index is 1190. The Balaban J connectivity index is 2.50. The molecule has 0 aliphatic heterocycles. The van der Waals surface area contributed by atoms with Gasteiger partial charge < -0.3 is 35.2 Å². The Kier molecular flexibility index (Phi) is 13.8. The summed E-state index contributed by atoms with van der Waals surface area (Å²) in [4.78, 5) is 54.2. The number of hydrogen-bond donors (Lipinski definition) is 4. The summed E-state index contributed by atoms with van der Waals surface area (Å²) in [6.07, 6.45) is 1.47. The van der Waals surface area contributed by atoms with E-state index in [1.165, 1.54) is 29.2 Å². The summed E-state index contributed by atoms with van der Waals surface area (Å²) in [7, 11) is 0. The molecule has 4 N–H and O–H groups in total. The number of alkyl carbamates (subject to hydrolysis) is 1. The summed E-state index contributed by atoms with van der Waals surface area (Å²) >= 11 is 0. The second kappa shape index (κ2) is 17.0. The highest BCUT2D eigenvalue weighted by molar-refractivity contribution is 5.92. The minimum Gasteiger partial charge on any atom is -0.508 e. The largest absolute Gasteiger partial charge is 0.508 e. The Labute approximate surface area is 253 Å². The summed E-state index contributed by atoms with van der Waals surface area (Å²) in [6, 6.07) is 9.98. The fourth-order valence-corrected chi connectivity index (χ4v) is 4.36. The first-order chi connectivity index (χ1) is 20.3. The number of carbonyl (C=O) groups excluding carboxylic acids is 4. The molecular weight excluding hydrogens is 554 g/mol. The normalized spacial score (nSPS) is 12.5. The molecule has 3 amide bonds. The number of benzene rings is 2. The lowest BCUT2D eigenvalue weighted by atomic mass is 9.99. The van der Waals surface area contributed by atoms with Gasteiger partial charge in [-0.3, -0.25) is 14.4 Å². The fraction of sp³-hybridized carbons (Fsp3) is 0.500. The third-order valence-electron chi connectivity index (χ3n) is 6.35. The van der Waals surface area contributed by atoms with Crippen molar-refractivity contribution in [2.75, 3.05) is 19.7 Å². The number of aromatic hydroxyl groups is 2. The fourth-order valence-electron chi connectivity index (χ4n) is 4.36. The molecule has 11 nitrogen and oxygen atoms in total. The maximum atomic E-state index is 14.4. The van der Waals surface area contributed by atoms with Crippen LogP contribution in [0, 0.1) is 0 Å². The Morgan fingerprint density at radius 3 is 2.07 bits per heavy atom. The highest BCUT2D eigenvalue weighted by Gasteiger charge is 2.36. The molecule has 0 aliphatic rings. The third-order valence-corrected chi connectivity index (χ3v) is 6.35. The Morgan fingerprint density at radius 2 is 1.51 bits per heavy atom. The Morgan fingerprint density at radius 1 is 0.907 bits per heavy atom. The van der Waals surface area contributed by atoms with Crippen molar-refractivity contribution in [1.82, 2.24) is 15.5 Å². The van der Waals surface area contributed by atoms with E-state index >= 15 is 0 Å². The quantitative estimate of drug-likeness (QED) is 0.174. The smallest absolute Gasteiger partial charge is 0.408 e. The van der Waals surface area contributed by atoms with Crippen LogP contribution in [0.25, 0.3) is 0 Å². The van der Waals surface area contributed by atoms with Crippen LogP contribution < -0.4 is 10.6 Å². The average Bonchev–Trinajstić information content (AvgIpc) is 2.93. The van der Waals surface area contributed by atoms with Crippen molar-refractivity contribution >= 4 is 23.9 Å². The van der Waals surface area contributed by atoms with Gasteiger partial charge in [-0.05, 0) is 69.5 Å². The molecule has 2 unspecified atom stereocenters. The molecule has 2 aromatic carbocycles. The van der Waals surface area contributed by atoms with Crippen molar-refractivity contribution < 1.29 is 38.9 Å².